The second-order valence-corrected chi connectivity index (χ2v) is 11.9. The van der Waals surface area contributed by atoms with Crippen LogP contribution in [0.15, 0.2) is 24.3 Å². The first-order chi connectivity index (χ1) is 19.6. The van der Waals surface area contributed by atoms with E-state index in [0.29, 0.717) is 6.42 Å². The normalized spacial score (nSPS) is 11.9. The van der Waals surface area contributed by atoms with Gasteiger partial charge in [-0.1, -0.05) is 134 Å². The van der Waals surface area contributed by atoms with Crippen molar-refractivity contribution in [3.05, 3.63) is 24.3 Å². The van der Waals surface area contributed by atoms with Crippen molar-refractivity contribution in [3.63, 3.8) is 0 Å². The van der Waals surface area contributed by atoms with E-state index in [9.17, 15) is 14.7 Å². The number of carbonyl (C=O) groups is 2. The van der Waals surface area contributed by atoms with Gasteiger partial charge in [0.15, 0.2) is 0 Å². The molecule has 0 rings (SSSR count). The molecular weight excluding hydrogens is 524 g/mol. The summed E-state index contributed by atoms with van der Waals surface area (Å²) in [6, 6.07) is 0. The van der Waals surface area contributed by atoms with Gasteiger partial charge in [0.05, 0.1) is 5.92 Å². The third-order valence-corrected chi connectivity index (χ3v) is 8.02. The molecule has 0 aliphatic heterocycles. The lowest BCUT2D eigenvalue weighted by atomic mass is 9.94. The summed E-state index contributed by atoms with van der Waals surface area (Å²) in [5.41, 5.74) is 0. The Morgan fingerprint density at radius 3 is 1.12 bits per heavy atom. The third-order valence-electron chi connectivity index (χ3n) is 8.02. The van der Waals surface area contributed by atoms with E-state index in [0.717, 1.165) is 70.6 Å². The highest BCUT2D eigenvalue weighted by atomic mass is 16.4. The Kier molecular flexibility index (Phi) is 39.8. The molecule has 8 N–H and O–H groups in total. The highest BCUT2D eigenvalue weighted by molar-refractivity contribution is 5.69. The quantitative estimate of drug-likeness (QED) is 0.0449. The number of hydrogen-bond acceptors (Lipinski definition) is 4. The smallest absolute Gasteiger partial charge is 0.306 e. The zero-order chi connectivity index (χ0) is 29.4. The maximum atomic E-state index is 11.6. The number of aliphatic carboxylic acids is 2. The summed E-state index contributed by atoms with van der Waals surface area (Å²) in [5.74, 6) is -1.42. The van der Waals surface area contributed by atoms with Crippen LogP contribution in [0, 0.1) is 5.92 Å². The first-order valence-electron chi connectivity index (χ1n) is 17.3. The Morgan fingerprint density at radius 1 is 0.476 bits per heavy atom. The molecule has 0 amide bonds. The Labute approximate surface area is 260 Å². The molecule has 0 saturated heterocycles. The molecule has 0 heterocycles. The number of carboxylic acids is 2. The van der Waals surface area contributed by atoms with Crippen molar-refractivity contribution >= 4 is 11.9 Å². The lowest BCUT2D eigenvalue weighted by Crippen LogP contribution is -2.13. The zero-order valence-corrected chi connectivity index (χ0v) is 27.8. The van der Waals surface area contributed by atoms with Gasteiger partial charge in [-0.05, 0) is 70.6 Å². The van der Waals surface area contributed by atoms with Gasteiger partial charge in [-0.2, -0.15) is 0 Å². The highest BCUT2D eigenvalue weighted by Crippen LogP contribution is 2.20. The third kappa shape index (κ3) is 36.4. The average Bonchev–Trinajstić information content (AvgIpc) is 2.93. The van der Waals surface area contributed by atoms with Gasteiger partial charge in [0.25, 0.3) is 0 Å². The van der Waals surface area contributed by atoms with Crippen LogP contribution in [0.1, 0.15) is 187 Å². The van der Waals surface area contributed by atoms with Crippen molar-refractivity contribution in [2.75, 3.05) is 0 Å². The van der Waals surface area contributed by atoms with Crippen LogP contribution in [0.2, 0.25) is 0 Å². The van der Waals surface area contributed by atoms with Crippen LogP contribution in [-0.4, -0.2) is 22.2 Å². The van der Waals surface area contributed by atoms with E-state index in [1.54, 1.807) is 0 Å². The number of hydrogen-bond donors (Lipinski definition) is 4. The predicted molar refractivity (Wildman–Crippen MR) is 182 cm³/mol. The monoisotopic (exact) mass is 597 g/mol. The topological polar surface area (TPSA) is 145 Å². The van der Waals surface area contributed by atoms with Gasteiger partial charge in [-0.3, -0.25) is 9.59 Å². The van der Waals surface area contributed by atoms with Crippen molar-refractivity contribution in [1.82, 2.24) is 12.3 Å². The van der Waals surface area contributed by atoms with Crippen LogP contribution >= 0.6 is 0 Å². The molecule has 6 heteroatoms. The Morgan fingerprint density at radius 2 is 0.786 bits per heavy atom. The lowest BCUT2D eigenvalue weighted by Gasteiger charge is -2.12. The summed E-state index contributed by atoms with van der Waals surface area (Å²) in [6.45, 7) is 2.27. The van der Waals surface area contributed by atoms with E-state index < -0.39 is 11.9 Å². The molecule has 42 heavy (non-hydrogen) atoms. The summed E-state index contributed by atoms with van der Waals surface area (Å²) in [4.78, 5) is 22.1. The van der Waals surface area contributed by atoms with E-state index in [4.69, 9.17) is 5.11 Å². The molecule has 1 unspecified atom stereocenters. The van der Waals surface area contributed by atoms with Gasteiger partial charge in [0.2, 0.25) is 0 Å². The van der Waals surface area contributed by atoms with Crippen LogP contribution in [0.4, 0.5) is 0 Å². The fourth-order valence-electron chi connectivity index (χ4n) is 5.34. The minimum atomic E-state index is -0.682. The molecule has 0 aromatic carbocycles. The number of rotatable bonds is 32. The molecule has 0 aliphatic rings. The van der Waals surface area contributed by atoms with Crippen molar-refractivity contribution in [3.8, 4) is 0 Å². The molecule has 0 spiro atoms. The minimum Gasteiger partial charge on any atom is -0.481 e. The zero-order valence-electron chi connectivity index (χ0n) is 27.8. The van der Waals surface area contributed by atoms with Gasteiger partial charge in [0, 0.05) is 6.42 Å². The molecule has 0 aromatic heterocycles. The predicted octanol–water partition coefficient (Wildman–Crippen LogP) is 12.2. The maximum Gasteiger partial charge on any atom is 0.306 e. The largest absolute Gasteiger partial charge is 0.481 e. The van der Waals surface area contributed by atoms with Crippen molar-refractivity contribution in [2.24, 2.45) is 5.92 Å². The van der Waals surface area contributed by atoms with Crippen molar-refractivity contribution in [1.29, 1.82) is 0 Å². The van der Waals surface area contributed by atoms with E-state index >= 15 is 0 Å². The first-order valence-corrected chi connectivity index (χ1v) is 17.3. The summed E-state index contributed by atoms with van der Waals surface area (Å²) < 4.78 is 0. The van der Waals surface area contributed by atoms with Crippen LogP contribution in [0.3, 0.4) is 0 Å². The fourth-order valence-corrected chi connectivity index (χ4v) is 5.34. The molecule has 1 atom stereocenters. The van der Waals surface area contributed by atoms with Gasteiger partial charge in [0.1, 0.15) is 0 Å². The SMILES string of the molecule is CCCCCCCC/C=C\CCCCCCC(CCCCCCCC/C=C\CCCCCCCC(=O)O)C(=O)O.N.N. The minimum absolute atomic E-state index is 0. The van der Waals surface area contributed by atoms with Gasteiger partial charge in [-0.25, -0.2) is 0 Å². The summed E-state index contributed by atoms with van der Waals surface area (Å²) >= 11 is 0. The number of unbranched alkanes of at least 4 members (excludes halogenated alkanes) is 21. The van der Waals surface area contributed by atoms with Gasteiger partial charge >= 0.3 is 11.9 Å². The number of carboxylic acid groups (broad SMARTS) is 2. The van der Waals surface area contributed by atoms with E-state index in [1.165, 1.54) is 103 Å². The number of allylic oxidation sites excluding steroid dienone is 4. The van der Waals surface area contributed by atoms with E-state index in [-0.39, 0.29) is 18.2 Å². The van der Waals surface area contributed by atoms with Gasteiger partial charge < -0.3 is 22.5 Å². The van der Waals surface area contributed by atoms with Crippen LogP contribution in [-0.2, 0) is 9.59 Å². The Bertz CT molecular complexity index is 622. The lowest BCUT2D eigenvalue weighted by molar-refractivity contribution is -0.142. The highest BCUT2D eigenvalue weighted by Gasteiger charge is 2.16. The summed E-state index contributed by atoms with van der Waals surface area (Å²) in [5, 5.41) is 18.2. The summed E-state index contributed by atoms with van der Waals surface area (Å²) in [6.07, 6.45) is 41.5. The van der Waals surface area contributed by atoms with Crippen LogP contribution in [0.25, 0.3) is 0 Å². The average molecular weight is 597 g/mol. The van der Waals surface area contributed by atoms with Crippen LogP contribution in [0.5, 0.6) is 0 Å². The molecule has 6 nitrogen and oxygen atoms in total. The Hall–Kier alpha value is -1.66. The molecule has 0 radical (unpaired) electrons. The molecule has 0 fully saturated rings. The first kappa shape index (κ1) is 44.8. The van der Waals surface area contributed by atoms with Gasteiger partial charge in [-0.15, -0.1) is 0 Å². The molecule has 0 aliphatic carbocycles. The fraction of sp³-hybridized carbons (Fsp3) is 0.833. The molecular formula is C36H72N2O4. The molecule has 0 bridgehead atoms. The Balaban J connectivity index is -0.00000760. The summed E-state index contributed by atoms with van der Waals surface area (Å²) in [7, 11) is 0. The van der Waals surface area contributed by atoms with Crippen LogP contribution < -0.4 is 12.3 Å². The van der Waals surface area contributed by atoms with E-state index in [2.05, 4.69) is 31.2 Å². The second kappa shape index (κ2) is 37.4. The molecule has 0 aromatic rings. The second-order valence-electron chi connectivity index (χ2n) is 11.9. The maximum absolute atomic E-state index is 11.6. The van der Waals surface area contributed by atoms with Crippen molar-refractivity contribution < 1.29 is 19.8 Å². The molecule has 250 valence electrons. The molecule has 0 saturated carbocycles. The van der Waals surface area contributed by atoms with Crippen molar-refractivity contribution in [2.45, 2.75) is 187 Å². The van der Waals surface area contributed by atoms with E-state index in [1.807, 2.05) is 0 Å². The standard InChI is InChI=1S/C36H66O4.2H3N/c1-2-3-4-5-6-7-8-9-13-16-19-22-25-28-31-34(36(39)40)32-29-26-23-20-17-14-11-10-12-15-18-21-24-27-30-33-35(37)38;;/h9-10,12-13,34H,2-8,11,14-33H2,1H3,(H,37,38)(H,39,40);2*1H3/b12-10-,13-9-;;.